The van der Waals surface area contributed by atoms with Crippen molar-refractivity contribution in [2.75, 3.05) is 11.4 Å². The SMILES string of the molecule is O=C(O)CCCN(C1CC1)C1c2ccccc2N(C(=O)OCc2ccccc2)C2CCCC21. The van der Waals surface area contributed by atoms with Gasteiger partial charge in [-0.1, -0.05) is 55.0 Å². The van der Waals surface area contributed by atoms with Crippen LogP contribution in [-0.4, -0.2) is 40.7 Å². The largest absolute Gasteiger partial charge is 0.481 e. The molecule has 1 aliphatic heterocycles. The number of aliphatic carboxylic acids is 1. The highest BCUT2D eigenvalue weighted by Gasteiger charge is 2.50. The second kappa shape index (κ2) is 9.56. The van der Waals surface area contributed by atoms with E-state index in [2.05, 4.69) is 17.0 Å². The van der Waals surface area contributed by atoms with Gasteiger partial charge in [0.1, 0.15) is 6.61 Å². The smallest absolute Gasteiger partial charge is 0.414 e. The Morgan fingerprint density at radius 1 is 1.00 bits per heavy atom. The molecule has 1 N–H and O–H groups in total. The van der Waals surface area contributed by atoms with E-state index in [1.54, 1.807) is 0 Å². The number of hydrogen-bond acceptors (Lipinski definition) is 4. The molecule has 6 nitrogen and oxygen atoms in total. The van der Waals surface area contributed by atoms with Crippen LogP contribution in [0, 0.1) is 5.92 Å². The summed E-state index contributed by atoms with van der Waals surface area (Å²) < 4.78 is 5.79. The first-order valence-electron chi connectivity index (χ1n) is 12.2. The van der Waals surface area contributed by atoms with Gasteiger partial charge in [-0.2, -0.15) is 0 Å². The van der Waals surface area contributed by atoms with Crippen molar-refractivity contribution in [3.63, 3.8) is 0 Å². The molecule has 33 heavy (non-hydrogen) atoms. The minimum atomic E-state index is -0.735. The fourth-order valence-electron chi connectivity index (χ4n) is 5.84. The minimum absolute atomic E-state index is 0.119. The maximum Gasteiger partial charge on any atom is 0.414 e. The fourth-order valence-corrected chi connectivity index (χ4v) is 5.84. The highest BCUT2D eigenvalue weighted by atomic mass is 16.6. The van der Waals surface area contributed by atoms with Crippen LogP contribution in [0.5, 0.6) is 0 Å². The number of para-hydroxylation sites is 1. The van der Waals surface area contributed by atoms with Gasteiger partial charge in [-0.15, -0.1) is 0 Å². The molecule has 0 saturated heterocycles. The zero-order chi connectivity index (χ0) is 22.8. The van der Waals surface area contributed by atoms with Crippen molar-refractivity contribution in [2.45, 2.75) is 69.7 Å². The molecule has 0 spiro atoms. The topological polar surface area (TPSA) is 70.1 Å². The Morgan fingerprint density at radius 2 is 1.76 bits per heavy atom. The average Bonchev–Trinajstić information content (AvgIpc) is 3.56. The molecule has 3 unspecified atom stereocenters. The number of carbonyl (C=O) groups is 2. The van der Waals surface area contributed by atoms with E-state index in [1.165, 1.54) is 18.4 Å². The molecule has 0 bridgehead atoms. The number of hydrogen-bond donors (Lipinski definition) is 1. The molecular weight excluding hydrogens is 416 g/mol. The molecule has 0 radical (unpaired) electrons. The normalized spacial score (nSPS) is 23.8. The molecule has 2 saturated carbocycles. The van der Waals surface area contributed by atoms with Crippen LogP contribution in [0.15, 0.2) is 54.6 Å². The Bertz CT molecular complexity index is 991. The highest BCUT2D eigenvalue weighted by molar-refractivity contribution is 5.90. The summed E-state index contributed by atoms with van der Waals surface area (Å²) in [5, 5.41) is 9.15. The monoisotopic (exact) mass is 448 g/mol. The molecule has 174 valence electrons. The summed E-state index contributed by atoms with van der Waals surface area (Å²) in [6.45, 7) is 1.06. The second-order valence-electron chi connectivity index (χ2n) is 9.54. The summed E-state index contributed by atoms with van der Waals surface area (Å²) in [6, 6.07) is 18.9. The predicted molar refractivity (Wildman–Crippen MR) is 126 cm³/mol. The van der Waals surface area contributed by atoms with E-state index < -0.39 is 5.97 Å². The van der Waals surface area contributed by atoms with Crippen molar-refractivity contribution < 1.29 is 19.4 Å². The molecule has 6 heteroatoms. The first-order valence-corrected chi connectivity index (χ1v) is 12.2. The number of carboxylic acids is 1. The van der Waals surface area contributed by atoms with Gasteiger partial charge in [0.05, 0.1) is 5.69 Å². The summed E-state index contributed by atoms with van der Waals surface area (Å²) in [5.74, 6) is -0.393. The number of ether oxygens (including phenoxy) is 1. The number of carboxylic acid groups (broad SMARTS) is 1. The Hall–Kier alpha value is -2.86. The summed E-state index contributed by atoms with van der Waals surface area (Å²) in [6.07, 6.45) is 6.07. The van der Waals surface area contributed by atoms with Crippen molar-refractivity contribution in [1.29, 1.82) is 0 Å². The van der Waals surface area contributed by atoms with Crippen molar-refractivity contribution in [3.05, 3.63) is 65.7 Å². The molecule has 3 atom stereocenters. The summed E-state index contributed by atoms with van der Waals surface area (Å²) in [4.78, 5) is 29.0. The minimum Gasteiger partial charge on any atom is -0.481 e. The van der Waals surface area contributed by atoms with Gasteiger partial charge in [-0.3, -0.25) is 14.6 Å². The molecule has 3 aliphatic rings. The lowest BCUT2D eigenvalue weighted by Gasteiger charge is -2.47. The van der Waals surface area contributed by atoms with Crippen LogP contribution in [0.1, 0.15) is 62.1 Å². The lowest BCUT2D eigenvalue weighted by molar-refractivity contribution is -0.137. The van der Waals surface area contributed by atoms with Gasteiger partial charge < -0.3 is 9.84 Å². The molecule has 0 aromatic heterocycles. The summed E-state index contributed by atoms with van der Waals surface area (Å²) in [5.41, 5.74) is 3.11. The zero-order valence-corrected chi connectivity index (χ0v) is 18.9. The number of carbonyl (C=O) groups excluding carboxylic acids is 1. The lowest BCUT2D eigenvalue weighted by atomic mass is 9.81. The van der Waals surface area contributed by atoms with Crippen LogP contribution in [0.3, 0.4) is 0 Å². The third-order valence-corrected chi connectivity index (χ3v) is 7.37. The highest BCUT2D eigenvalue weighted by Crippen LogP contribution is 2.52. The Morgan fingerprint density at radius 3 is 2.52 bits per heavy atom. The van der Waals surface area contributed by atoms with Crippen LogP contribution >= 0.6 is 0 Å². The number of fused-ring (bicyclic) bond motifs is 2. The molecular formula is C27H32N2O4. The van der Waals surface area contributed by atoms with E-state index in [0.29, 0.717) is 18.4 Å². The number of amides is 1. The lowest BCUT2D eigenvalue weighted by Crippen LogP contribution is -2.52. The van der Waals surface area contributed by atoms with Gasteiger partial charge >= 0.3 is 12.1 Å². The van der Waals surface area contributed by atoms with Crippen molar-refractivity contribution >= 4 is 17.7 Å². The Labute approximate surface area is 195 Å². The average molecular weight is 449 g/mol. The van der Waals surface area contributed by atoms with Crippen molar-refractivity contribution in [2.24, 2.45) is 5.92 Å². The zero-order valence-electron chi connectivity index (χ0n) is 18.9. The van der Waals surface area contributed by atoms with E-state index in [1.807, 2.05) is 47.4 Å². The van der Waals surface area contributed by atoms with Gasteiger partial charge in [0.15, 0.2) is 0 Å². The van der Waals surface area contributed by atoms with Gasteiger partial charge in [0.2, 0.25) is 0 Å². The molecule has 2 aromatic carbocycles. The van der Waals surface area contributed by atoms with E-state index in [0.717, 1.165) is 37.1 Å². The Balaban J connectivity index is 1.42. The van der Waals surface area contributed by atoms with Gasteiger partial charge in [-0.05, 0) is 61.8 Å². The quantitative estimate of drug-likeness (QED) is 0.587. The Kier molecular flexibility index (Phi) is 6.36. The van der Waals surface area contributed by atoms with Gasteiger partial charge in [0, 0.05) is 24.5 Å². The predicted octanol–water partition coefficient (Wildman–Crippen LogP) is 5.38. The van der Waals surface area contributed by atoms with Crippen LogP contribution in [-0.2, 0) is 16.1 Å². The first-order chi connectivity index (χ1) is 16.1. The summed E-state index contributed by atoms with van der Waals surface area (Å²) in [7, 11) is 0. The third kappa shape index (κ3) is 4.62. The molecule has 2 aromatic rings. The van der Waals surface area contributed by atoms with Crippen LogP contribution in [0.2, 0.25) is 0 Å². The first kappa shape index (κ1) is 22.0. The van der Waals surface area contributed by atoms with Crippen LogP contribution in [0.4, 0.5) is 10.5 Å². The van der Waals surface area contributed by atoms with E-state index in [-0.39, 0.29) is 31.2 Å². The fraction of sp³-hybridized carbons (Fsp3) is 0.481. The van der Waals surface area contributed by atoms with Gasteiger partial charge in [-0.25, -0.2) is 4.79 Å². The maximum absolute atomic E-state index is 13.4. The van der Waals surface area contributed by atoms with E-state index >= 15 is 0 Å². The van der Waals surface area contributed by atoms with E-state index in [4.69, 9.17) is 9.84 Å². The standard InChI is InChI=1S/C27H32N2O4/c30-25(31)14-7-17-28(20-15-16-20)26-21-10-4-5-12-23(21)29(24-13-6-11-22(24)26)27(32)33-18-19-8-2-1-3-9-19/h1-5,8-10,12,20,22,24,26H,6-7,11,13-18H2,(H,30,31). The molecule has 1 heterocycles. The number of rotatable bonds is 8. The summed E-state index contributed by atoms with van der Waals surface area (Å²) >= 11 is 0. The molecule has 2 fully saturated rings. The molecule has 5 rings (SSSR count). The number of nitrogens with zero attached hydrogens (tertiary/aromatic N) is 2. The van der Waals surface area contributed by atoms with E-state index in [9.17, 15) is 9.59 Å². The third-order valence-electron chi connectivity index (χ3n) is 7.37. The molecule has 2 aliphatic carbocycles. The van der Waals surface area contributed by atoms with Crippen LogP contribution in [0.25, 0.3) is 0 Å². The van der Waals surface area contributed by atoms with Crippen molar-refractivity contribution in [1.82, 2.24) is 4.90 Å². The number of benzene rings is 2. The van der Waals surface area contributed by atoms with Gasteiger partial charge in [0.25, 0.3) is 0 Å². The second-order valence-corrected chi connectivity index (χ2v) is 9.54. The van der Waals surface area contributed by atoms with Crippen LogP contribution < -0.4 is 4.90 Å². The van der Waals surface area contributed by atoms with Crippen molar-refractivity contribution in [3.8, 4) is 0 Å². The molecule has 1 amide bonds. The maximum atomic E-state index is 13.4. The number of anilines is 1.